The minimum atomic E-state index is -0.134. The maximum atomic E-state index is 10.4. The van der Waals surface area contributed by atoms with E-state index in [0.29, 0.717) is 12.9 Å². The number of aromatic nitrogens is 1. The van der Waals surface area contributed by atoms with Gasteiger partial charge in [0.2, 0.25) is 0 Å². The third-order valence-electron chi connectivity index (χ3n) is 2.31. The van der Waals surface area contributed by atoms with Crippen molar-refractivity contribution in [3.63, 3.8) is 0 Å². The summed E-state index contributed by atoms with van der Waals surface area (Å²) in [7, 11) is 0. The van der Waals surface area contributed by atoms with Crippen molar-refractivity contribution in [1.29, 1.82) is 0 Å². The van der Waals surface area contributed by atoms with E-state index in [4.69, 9.17) is 4.74 Å². The molecule has 1 unspecified atom stereocenters. The van der Waals surface area contributed by atoms with Crippen molar-refractivity contribution in [2.45, 2.75) is 33.3 Å². The van der Waals surface area contributed by atoms with Crippen LogP contribution in [0.25, 0.3) is 0 Å². The largest absolute Gasteiger partial charge is 0.464 e. The van der Waals surface area contributed by atoms with Crippen molar-refractivity contribution in [3.05, 3.63) is 30.1 Å². The zero-order valence-electron chi connectivity index (χ0n) is 9.43. The molecule has 0 fully saturated rings. The van der Waals surface area contributed by atoms with E-state index in [2.05, 4.69) is 4.98 Å². The second kappa shape index (κ2) is 4.91. The Balaban J connectivity index is 2.71. The minimum Gasteiger partial charge on any atom is -0.464 e. The summed E-state index contributed by atoms with van der Waals surface area (Å²) in [6.07, 6.45) is 2.27. The Hall–Kier alpha value is -1.38. The number of ether oxygens (including phenoxy) is 1. The van der Waals surface area contributed by atoms with E-state index in [9.17, 15) is 4.79 Å². The average molecular weight is 207 g/mol. The fourth-order valence-corrected chi connectivity index (χ4v) is 1.33. The van der Waals surface area contributed by atoms with Gasteiger partial charge in [0.1, 0.15) is 6.10 Å². The van der Waals surface area contributed by atoms with Crippen molar-refractivity contribution in [1.82, 2.24) is 4.98 Å². The van der Waals surface area contributed by atoms with Gasteiger partial charge in [0.15, 0.2) is 0 Å². The van der Waals surface area contributed by atoms with Gasteiger partial charge in [-0.2, -0.15) is 0 Å². The van der Waals surface area contributed by atoms with E-state index in [1.165, 1.54) is 0 Å². The van der Waals surface area contributed by atoms with Crippen molar-refractivity contribution in [2.75, 3.05) is 0 Å². The van der Waals surface area contributed by atoms with E-state index >= 15 is 0 Å². The summed E-state index contributed by atoms with van der Waals surface area (Å²) in [5.41, 5.74) is 0.873. The molecule has 0 bridgehead atoms. The third kappa shape index (κ3) is 3.70. The van der Waals surface area contributed by atoms with Gasteiger partial charge in [-0.1, -0.05) is 26.8 Å². The van der Waals surface area contributed by atoms with Gasteiger partial charge in [0.05, 0.1) is 0 Å². The van der Waals surface area contributed by atoms with Crippen molar-refractivity contribution >= 4 is 6.47 Å². The number of hydrogen-bond donors (Lipinski definition) is 0. The second-order valence-electron chi connectivity index (χ2n) is 4.61. The van der Waals surface area contributed by atoms with Gasteiger partial charge >= 0.3 is 0 Å². The van der Waals surface area contributed by atoms with Gasteiger partial charge < -0.3 is 4.74 Å². The molecule has 1 aromatic rings. The molecule has 0 aliphatic carbocycles. The van der Waals surface area contributed by atoms with Crippen LogP contribution in [0.3, 0.4) is 0 Å². The minimum absolute atomic E-state index is 0.0710. The van der Waals surface area contributed by atoms with Gasteiger partial charge in [0.25, 0.3) is 6.47 Å². The molecule has 0 aromatic carbocycles. The summed E-state index contributed by atoms with van der Waals surface area (Å²) in [5.74, 6) is 0. The van der Waals surface area contributed by atoms with Crippen molar-refractivity contribution in [3.8, 4) is 0 Å². The molecule has 0 radical (unpaired) electrons. The van der Waals surface area contributed by atoms with Crippen LogP contribution in [0.1, 0.15) is 26.5 Å². The highest BCUT2D eigenvalue weighted by molar-refractivity contribution is 5.37. The number of nitrogens with zero attached hydrogens (tertiary/aromatic N) is 1. The first-order valence-corrected chi connectivity index (χ1v) is 5.03. The number of carbonyl (C=O) groups excluding carboxylic acids is 1. The Morgan fingerprint density at radius 1 is 1.47 bits per heavy atom. The highest BCUT2D eigenvalue weighted by Gasteiger charge is 2.26. The summed E-state index contributed by atoms with van der Waals surface area (Å²) < 4.78 is 5.09. The normalized spacial score (nSPS) is 13.3. The van der Waals surface area contributed by atoms with Crippen LogP contribution in [0.5, 0.6) is 0 Å². The summed E-state index contributed by atoms with van der Waals surface area (Å²) in [4.78, 5) is 14.6. The van der Waals surface area contributed by atoms with Crippen molar-refractivity contribution < 1.29 is 9.53 Å². The molecule has 0 aliphatic heterocycles. The topological polar surface area (TPSA) is 39.2 Å². The second-order valence-corrected chi connectivity index (χ2v) is 4.61. The molecule has 3 heteroatoms. The number of pyridine rings is 1. The fraction of sp³-hybridized carbons (Fsp3) is 0.500. The standard InChI is InChI=1S/C12H17NO2/c1-12(2,3)11(15-9-14)8-10-6-4-5-7-13-10/h4-7,9,11H,8H2,1-3H3. The molecular weight excluding hydrogens is 190 g/mol. The van der Waals surface area contributed by atoms with Gasteiger partial charge in [-0.3, -0.25) is 9.78 Å². The maximum absolute atomic E-state index is 10.4. The number of carbonyl (C=O) groups is 1. The summed E-state index contributed by atoms with van der Waals surface area (Å²) in [6.45, 7) is 6.65. The van der Waals surface area contributed by atoms with Crippen LogP contribution < -0.4 is 0 Å². The predicted molar refractivity (Wildman–Crippen MR) is 58.3 cm³/mol. The summed E-state index contributed by atoms with van der Waals surface area (Å²) in [5, 5.41) is 0. The molecule has 3 nitrogen and oxygen atoms in total. The molecule has 0 N–H and O–H groups in total. The Kier molecular flexibility index (Phi) is 3.83. The van der Waals surface area contributed by atoms with Crippen LogP contribution in [0, 0.1) is 5.41 Å². The lowest BCUT2D eigenvalue weighted by Gasteiger charge is -2.28. The smallest absolute Gasteiger partial charge is 0.293 e. The molecule has 1 aromatic heterocycles. The van der Waals surface area contributed by atoms with E-state index < -0.39 is 0 Å². The highest BCUT2D eigenvalue weighted by Crippen LogP contribution is 2.24. The van der Waals surface area contributed by atoms with Crippen LogP contribution in [-0.2, 0) is 16.0 Å². The Morgan fingerprint density at radius 2 is 2.20 bits per heavy atom. The Bertz CT molecular complexity index is 303. The van der Waals surface area contributed by atoms with Crippen LogP contribution in [0.4, 0.5) is 0 Å². The van der Waals surface area contributed by atoms with E-state index in [0.717, 1.165) is 5.69 Å². The number of hydrogen-bond acceptors (Lipinski definition) is 3. The lowest BCUT2D eigenvalue weighted by atomic mass is 9.86. The molecule has 1 atom stereocenters. The predicted octanol–water partition coefficient (Wildman–Crippen LogP) is 2.21. The van der Waals surface area contributed by atoms with E-state index in [-0.39, 0.29) is 11.5 Å². The first-order valence-electron chi connectivity index (χ1n) is 5.03. The van der Waals surface area contributed by atoms with E-state index in [1.54, 1.807) is 6.20 Å². The molecular formula is C12H17NO2. The van der Waals surface area contributed by atoms with Gasteiger partial charge in [-0.25, -0.2) is 0 Å². The Labute approximate surface area is 90.5 Å². The molecule has 0 saturated heterocycles. The highest BCUT2D eigenvalue weighted by atomic mass is 16.5. The van der Waals surface area contributed by atoms with Crippen LogP contribution in [-0.4, -0.2) is 17.6 Å². The molecule has 82 valence electrons. The zero-order chi connectivity index (χ0) is 11.3. The quantitative estimate of drug-likeness (QED) is 0.710. The van der Waals surface area contributed by atoms with Crippen LogP contribution in [0.15, 0.2) is 24.4 Å². The van der Waals surface area contributed by atoms with Gasteiger partial charge in [0, 0.05) is 18.3 Å². The first-order chi connectivity index (χ1) is 7.04. The third-order valence-corrected chi connectivity index (χ3v) is 2.31. The Morgan fingerprint density at radius 3 is 2.67 bits per heavy atom. The molecule has 0 spiro atoms. The molecule has 15 heavy (non-hydrogen) atoms. The lowest BCUT2D eigenvalue weighted by molar-refractivity contribution is -0.138. The summed E-state index contributed by atoms with van der Waals surface area (Å²) >= 11 is 0. The van der Waals surface area contributed by atoms with Gasteiger partial charge in [-0.15, -0.1) is 0 Å². The van der Waals surface area contributed by atoms with Gasteiger partial charge in [-0.05, 0) is 17.5 Å². The van der Waals surface area contributed by atoms with Crippen LogP contribution in [0.2, 0.25) is 0 Å². The molecule has 1 heterocycles. The first kappa shape index (κ1) is 11.7. The molecule has 0 saturated carbocycles. The zero-order valence-corrected chi connectivity index (χ0v) is 9.43. The molecule has 1 rings (SSSR count). The fourth-order valence-electron chi connectivity index (χ4n) is 1.33. The lowest BCUT2D eigenvalue weighted by Crippen LogP contribution is -2.31. The summed E-state index contributed by atoms with van der Waals surface area (Å²) in [6, 6.07) is 5.74. The molecule has 0 aliphatic rings. The monoisotopic (exact) mass is 207 g/mol. The van der Waals surface area contributed by atoms with Crippen LogP contribution >= 0.6 is 0 Å². The number of rotatable bonds is 4. The SMILES string of the molecule is CC(C)(C)C(Cc1ccccn1)OC=O. The average Bonchev–Trinajstić information content (AvgIpc) is 2.17. The van der Waals surface area contributed by atoms with Crippen molar-refractivity contribution in [2.24, 2.45) is 5.41 Å². The maximum Gasteiger partial charge on any atom is 0.293 e. The van der Waals surface area contributed by atoms with E-state index in [1.807, 2.05) is 39.0 Å². The molecule has 0 amide bonds.